The number of unbranched alkanes of at least 4 members (excludes halogenated alkanes) is 1. The SMILES string of the molecule is CCCCc1ccc(C2CCCOC2)cc1. The van der Waals surface area contributed by atoms with Gasteiger partial charge in [0.2, 0.25) is 0 Å². The molecule has 88 valence electrons. The third-order valence-electron chi connectivity index (χ3n) is 3.43. The molecule has 1 aromatic carbocycles. The molecule has 0 bridgehead atoms. The van der Waals surface area contributed by atoms with Crippen LogP contribution in [0.2, 0.25) is 0 Å². The standard InChI is InChI=1S/C15H22O/c1-2-3-5-13-7-9-14(10-8-13)15-6-4-11-16-12-15/h7-10,15H,2-6,11-12H2,1H3. The van der Waals surface area contributed by atoms with Crippen molar-refractivity contribution < 1.29 is 4.74 Å². The van der Waals surface area contributed by atoms with E-state index in [-0.39, 0.29) is 0 Å². The first-order chi connectivity index (χ1) is 7.90. The van der Waals surface area contributed by atoms with E-state index in [0.717, 1.165) is 13.2 Å². The molecule has 1 nitrogen and oxygen atoms in total. The van der Waals surface area contributed by atoms with E-state index in [0.29, 0.717) is 5.92 Å². The maximum atomic E-state index is 5.53. The quantitative estimate of drug-likeness (QED) is 0.744. The smallest absolute Gasteiger partial charge is 0.0534 e. The zero-order chi connectivity index (χ0) is 11.2. The van der Waals surface area contributed by atoms with Crippen LogP contribution >= 0.6 is 0 Å². The number of hydrogen-bond acceptors (Lipinski definition) is 1. The zero-order valence-corrected chi connectivity index (χ0v) is 10.2. The molecule has 1 heterocycles. The molecule has 0 aliphatic carbocycles. The van der Waals surface area contributed by atoms with Crippen molar-refractivity contribution >= 4 is 0 Å². The lowest BCUT2D eigenvalue weighted by atomic mass is 9.92. The van der Waals surface area contributed by atoms with Crippen molar-refractivity contribution in [2.24, 2.45) is 0 Å². The Morgan fingerprint density at radius 2 is 2.06 bits per heavy atom. The molecule has 16 heavy (non-hydrogen) atoms. The molecular weight excluding hydrogens is 196 g/mol. The monoisotopic (exact) mass is 218 g/mol. The van der Waals surface area contributed by atoms with Crippen molar-refractivity contribution in [2.45, 2.75) is 44.9 Å². The molecule has 0 radical (unpaired) electrons. The van der Waals surface area contributed by atoms with Gasteiger partial charge in [0.1, 0.15) is 0 Å². The molecule has 1 aliphatic rings. The molecule has 1 aliphatic heterocycles. The molecule has 1 atom stereocenters. The summed E-state index contributed by atoms with van der Waals surface area (Å²) < 4.78 is 5.53. The van der Waals surface area contributed by atoms with Crippen LogP contribution in [0.4, 0.5) is 0 Å². The highest BCUT2D eigenvalue weighted by molar-refractivity contribution is 5.25. The fourth-order valence-corrected chi connectivity index (χ4v) is 2.34. The van der Waals surface area contributed by atoms with Gasteiger partial charge in [-0.1, -0.05) is 37.6 Å². The van der Waals surface area contributed by atoms with Crippen LogP contribution in [0.5, 0.6) is 0 Å². The van der Waals surface area contributed by atoms with Gasteiger partial charge in [0.25, 0.3) is 0 Å². The van der Waals surface area contributed by atoms with Crippen molar-refractivity contribution in [3.8, 4) is 0 Å². The minimum absolute atomic E-state index is 0.633. The highest BCUT2D eigenvalue weighted by atomic mass is 16.5. The summed E-state index contributed by atoms with van der Waals surface area (Å²) in [5, 5.41) is 0. The Morgan fingerprint density at radius 1 is 1.25 bits per heavy atom. The minimum atomic E-state index is 0.633. The van der Waals surface area contributed by atoms with Gasteiger partial charge < -0.3 is 4.74 Å². The minimum Gasteiger partial charge on any atom is -0.381 e. The summed E-state index contributed by atoms with van der Waals surface area (Å²) in [6, 6.07) is 9.17. The van der Waals surface area contributed by atoms with E-state index in [2.05, 4.69) is 31.2 Å². The Hall–Kier alpha value is -0.820. The summed E-state index contributed by atoms with van der Waals surface area (Å²) >= 11 is 0. The van der Waals surface area contributed by atoms with Gasteiger partial charge in [-0.3, -0.25) is 0 Å². The summed E-state index contributed by atoms with van der Waals surface area (Å²) in [5.41, 5.74) is 2.93. The Morgan fingerprint density at radius 3 is 2.69 bits per heavy atom. The van der Waals surface area contributed by atoms with Gasteiger partial charge in [0, 0.05) is 12.5 Å². The van der Waals surface area contributed by atoms with Crippen LogP contribution in [-0.2, 0) is 11.2 Å². The number of ether oxygens (including phenoxy) is 1. The van der Waals surface area contributed by atoms with Crippen molar-refractivity contribution in [1.29, 1.82) is 0 Å². The van der Waals surface area contributed by atoms with Gasteiger partial charge in [0.15, 0.2) is 0 Å². The first kappa shape index (κ1) is 11.7. The number of benzene rings is 1. The molecule has 0 N–H and O–H groups in total. The predicted molar refractivity (Wildman–Crippen MR) is 67.8 cm³/mol. The summed E-state index contributed by atoms with van der Waals surface area (Å²) in [5.74, 6) is 0.633. The molecule has 1 aromatic rings. The molecule has 1 saturated heterocycles. The maximum absolute atomic E-state index is 5.53. The topological polar surface area (TPSA) is 9.23 Å². The van der Waals surface area contributed by atoms with Gasteiger partial charge in [-0.15, -0.1) is 0 Å². The van der Waals surface area contributed by atoms with E-state index in [4.69, 9.17) is 4.74 Å². The van der Waals surface area contributed by atoms with E-state index in [1.54, 1.807) is 0 Å². The Balaban J connectivity index is 1.95. The van der Waals surface area contributed by atoms with Gasteiger partial charge in [-0.2, -0.15) is 0 Å². The molecule has 0 amide bonds. The number of aryl methyl sites for hydroxylation is 1. The molecule has 0 aromatic heterocycles. The van der Waals surface area contributed by atoms with E-state index in [1.807, 2.05) is 0 Å². The average molecular weight is 218 g/mol. The van der Waals surface area contributed by atoms with Crippen LogP contribution < -0.4 is 0 Å². The van der Waals surface area contributed by atoms with E-state index in [1.165, 1.54) is 43.2 Å². The van der Waals surface area contributed by atoms with E-state index < -0.39 is 0 Å². The van der Waals surface area contributed by atoms with Crippen LogP contribution in [-0.4, -0.2) is 13.2 Å². The van der Waals surface area contributed by atoms with Crippen LogP contribution in [0, 0.1) is 0 Å². The number of hydrogen-bond donors (Lipinski definition) is 0. The predicted octanol–water partition coefficient (Wildman–Crippen LogP) is 3.92. The normalized spacial score (nSPS) is 20.9. The maximum Gasteiger partial charge on any atom is 0.0534 e. The van der Waals surface area contributed by atoms with Gasteiger partial charge in [-0.25, -0.2) is 0 Å². The first-order valence-corrected chi connectivity index (χ1v) is 6.56. The van der Waals surface area contributed by atoms with Crippen molar-refractivity contribution in [3.05, 3.63) is 35.4 Å². The summed E-state index contributed by atoms with van der Waals surface area (Å²) in [7, 11) is 0. The summed E-state index contributed by atoms with van der Waals surface area (Å²) in [6.45, 7) is 4.10. The van der Waals surface area contributed by atoms with Gasteiger partial charge in [0.05, 0.1) is 6.61 Å². The molecule has 2 rings (SSSR count). The van der Waals surface area contributed by atoms with Crippen molar-refractivity contribution in [2.75, 3.05) is 13.2 Å². The largest absolute Gasteiger partial charge is 0.381 e. The van der Waals surface area contributed by atoms with Crippen molar-refractivity contribution in [3.63, 3.8) is 0 Å². The highest BCUT2D eigenvalue weighted by Gasteiger charge is 2.15. The third-order valence-corrected chi connectivity index (χ3v) is 3.43. The fourth-order valence-electron chi connectivity index (χ4n) is 2.34. The first-order valence-electron chi connectivity index (χ1n) is 6.56. The lowest BCUT2D eigenvalue weighted by Gasteiger charge is -2.22. The Labute approximate surface area is 98.8 Å². The second-order valence-corrected chi connectivity index (χ2v) is 4.76. The Bertz CT molecular complexity index is 296. The highest BCUT2D eigenvalue weighted by Crippen LogP contribution is 2.25. The second kappa shape index (κ2) is 6.05. The fraction of sp³-hybridized carbons (Fsp3) is 0.600. The van der Waals surface area contributed by atoms with Gasteiger partial charge >= 0.3 is 0 Å². The number of rotatable bonds is 4. The molecule has 1 heteroatoms. The Kier molecular flexibility index (Phi) is 4.41. The molecular formula is C15H22O. The van der Waals surface area contributed by atoms with E-state index >= 15 is 0 Å². The molecule has 0 saturated carbocycles. The van der Waals surface area contributed by atoms with Crippen LogP contribution in [0.3, 0.4) is 0 Å². The summed E-state index contributed by atoms with van der Waals surface area (Å²) in [4.78, 5) is 0. The molecule has 1 unspecified atom stereocenters. The molecule has 1 fully saturated rings. The van der Waals surface area contributed by atoms with Crippen molar-refractivity contribution in [1.82, 2.24) is 0 Å². The summed E-state index contributed by atoms with van der Waals surface area (Å²) in [6.07, 6.45) is 6.29. The average Bonchev–Trinajstić information content (AvgIpc) is 2.38. The second-order valence-electron chi connectivity index (χ2n) is 4.76. The van der Waals surface area contributed by atoms with Crippen LogP contribution in [0.15, 0.2) is 24.3 Å². The lowest BCUT2D eigenvalue weighted by molar-refractivity contribution is 0.0804. The third kappa shape index (κ3) is 3.08. The molecule has 0 spiro atoms. The van der Waals surface area contributed by atoms with E-state index in [9.17, 15) is 0 Å². The van der Waals surface area contributed by atoms with Crippen LogP contribution in [0.25, 0.3) is 0 Å². The zero-order valence-electron chi connectivity index (χ0n) is 10.2. The van der Waals surface area contributed by atoms with Crippen LogP contribution in [0.1, 0.15) is 49.7 Å². The van der Waals surface area contributed by atoms with Gasteiger partial charge in [-0.05, 0) is 36.8 Å². The lowest BCUT2D eigenvalue weighted by Crippen LogP contribution is -2.15.